The third-order valence-electron chi connectivity index (χ3n) is 11.1. The standard InChI is InChI=1S/C27H31ClFN5O5.C22H20ClFN4O5.C5H13NO/c1-17(35)23-14-24(31-30-23)26(37)32-34(16-25(36)27(38)39-12-4-11-33(2)3)15-18-5-7-19(8-6-18)21-13-20(28)9-10-22(21)29;1-12(29)18-9-19(26-25-18)21(31)27-28(11-20(30)22(32)33)10-13-2-4-14(5-3-13)16-8-15(23)6-7-17(16)24;1-6(2)4-3-5-7/h5-10,13-14,25,36H,4,11-12,15-16H2,1-3H3,(H,30,31)(H,32,37);2-9,20,30H,10-11H2,1H3,(H,25,26)(H,27,31)(H,32,33);7H,3-5H2,1-2H3/t25-;20-;/m11./s1. The second kappa shape index (κ2) is 31.9. The highest BCUT2D eigenvalue weighted by Gasteiger charge is 2.25. The number of nitrogens with zero attached hydrogens (tertiary/aromatic N) is 6. The summed E-state index contributed by atoms with van der Waals surface area (Å²) < 4.78 is 33.5. The van der Waals surface area contributed by atoms with Gasteiger partial charge in [0, 0.05) is 61.3 Å². The number of ketones is 2. The summed E-state index contributed by atoms with van der Waals surface area (Å²) in [7, 11) is 7.79. The number of carbonyl (C=O) groups excluding carboxylic acids is 5. The summed E-state index contributed by atoms with van der Waals surface area (Å²) in [6.45, 7) is 4.18. The quantitative estimate of drug-likeness (QED) is 0.0148. The molecule has 0 saturated carbocycles. The molecule has 2 atom stereocenters. The van der Waals surface area contributed by atoms with Crippen molar-refractivity contribution < 1.29 is 62.7 Å². The topological polar surface area (TPSA) is 287 Å². The summed E-state index contributed by atoms with van der Waals surface area (Å²) >= 11 is 12.0. The molecule has 6 rings (SSSR count). The normalized spacial score (nSPS) is 11.8. The number of aliphatic hydroxyl groups is 3. The summed E-state index contributed by atoms with van der Waals surface area (Å²) in [6, 6.07) is 24.6. The number of carboxylic acid groups (broad SMARTS) is 1. The van der Waals surface area contributed by atoms with Crippen LogP contribution in [0, 0.1) is 11.6 Å². The Morgan fingerprint density at radius 1 is 0.620 bits per heavy atom. The van der Waals surface area contributed by atoms with Crippen LogP contribution in [0.15, 0.2) is 97.1 Å². The number of aromatic nitrogens is 4. The summed E-state index contributed by atoms with van der Waals surface area (Å²) in [5.41, 5.74) is 8.48. The van der Waals surface area contributed by atoms with Crippen LogP contribution in [0.1, 0.15) is 79.8 Å². The van der Waals surface area contributed by atoms with Gasteiger partial charge in [-0.15, -0.1) is 0 Å². The average molecular weight is 1140 g/mol. The van der Waals surface area contributed by atoms with Crippen LogP contribution in [-0.2, 0) is 27.4 Å². The minimum Gasteiger partial charge on any atom is -0.479 e. The van der Waals surface area contributed by atoms with E-state index in [2.05, 4.69) is 36.1 Å². The number of hydrogen-bond acceptors (Lipinski definition) is 16. The molecule has 8 N–H and O–H groups in total. The van der Waals surface area contributed by atoms with Gasteiger partial charge in [-0.3, -0.25) is 40.2 Å². The molecule has 79 heavy (non-hydrogen) atoms. The lowest BCUT2D eigenvalue weighted by molar-refractivity contribution is -0.155. The maximum Gasteiger partial charge on any atom is 0.336 e. The zero-order valence-electron chi connectivity index (χ0n) is 44.3. The van der Waals surface area contributed by atoms with Crippen LogP contribution in [0.3, 0.4) is 0 Å². The molecule has 2 amide bonds. The third kappa shape index (κ3) is 21.8. The SMILES string of the molecule is CC(=O)c1cc(C(=O)NN(Cc2ccc(-c3cc(Cl)ccc3F)cc2)C[C@@H](O)C(=O)O)[nH]n1.CC(=O)c1cc(C(=O)NN(Cc2ccc(-c3cc(Cl)ccc3F)cc2)C[C@@H](O)C(=O)OCCCN(C)C)[nH]n1.CN(C)CCCO. The van der Waals surface area contributed by atoms with Crippen LogP contribution in [0.4, 0.5) is 8.78 Å². The van der Waals surface area contributed by atoms with Gasteiger partial charge < -0.3 is 35.0 Å². The largest absolute Gasteiger partial charge is 0.479 e. The van der Waals surface area contributed by atoms with E-state index in [1.54, 1.807) is 48.5 Å². The fraction of sp³-hybridized carbons (Fsp3) is 0.333. The number of amides is 2. The van der Waals surface area contributed by atoms with Crippen molar-refractivity contribution in [2.24, 2.45) is 0 Å². The first-order valence-electron chi connectivity index (χ1n) is 24.4. The van der Waals surface area contributed by atoms with Crippen LogP contribution in [0.25, 0.3) is 22.3 Å². The van der Waals surface area contributed by atoms with E-state index >= 15 is 0 Å². The molecule has 0 unspecified atom stereocenters. The molecule has 0 saturated heterocycles. The van der Waals surface area contributed by atoms with Gasteiger partial charge in [0.2, 0.25) is 0 Å². The van der Waals surface area contributed by atoms with Crippen molar-refractivity contribution in [3.8, 4) is 22.3 Å². The Balaban J connectivity index is 0.000000307. The number of aliphatic hydroxyl groups excluding tert-OH is 3. The highest BCUT2D eigenvalue weighted by molar-refractivity contribution is 6.31. The number of halogens is 4. The molecule has 0 aliphatic carbocycles. The number of carboxylic acids is 1. The lowest BCUT2D eigenvalue weighted by Gasteiger charge is -2.25. The van der Waals surface area contributed by atoms with E-state index in [-0.39, 0.29) is 60.6 Å². The monoisotopic (exact) mass is 1140 g/mol. The van der Waals surface area contributed by atoms with Crippen LogP contribution in [0.5, 0.6) is 0 Å². The van der Waals surface area contributed by atoms with E-state index in [1.165, 1.54) is 72.4 Å². The lowest BCUT2D eigenvalue weighted by atomic mass is 10.0. The molecular weight excluding hydrogens is 1070 g/mol. The van der Waals surface area contributed by atoms with Gasteiger partial charge in [0.05, 0.1) is 19.7 Å². The van der Waals surface area contributed by atoms with Crippen molar-refractivity contribution in [2.75, 3.05) is 67.6 Å². The van der Waals surface area contributed by atoms with Crippen molar-refractivity contribution in [3.05, 3.63) is 153 Å². The number of esters is 1. The maximum atomic E-state index is 14.3. The van der Waals surface area contributed by atoms with Crippen LogP contribution >= 0.6 is 23.2 Å². The summed E-state index contributed by atoms with van der Waals surface area (Å²) in [4.78, 5) is 75.7. The van der Waals surface area contributed by atoms with Gasteiger partial charge in [-0.05, 0) is 118 Å². The zero-order chi connectivity index (χ0) is 58.3. The lowest BCUT2D eigenvalue weighted by Crippen LogP contribution is -2.47. The molecule has 21 nitrogen and oxygen atoms in total. The van der Waals surface area contributed by atoms with E-state index in [0.717, 1.165) is 13.0 Å². The van der Waals surface area contributed by atoms with E-state index in [4.69, 9.17) is 38.2 Å². The van der Waals surface area contributed by atoms with Gasteiger partial charge in [-0.25, -0.2) is 28.4 Å². The Hall–Kier alpha value is -7.32. The number of hydrogen-bond donors (Lipinski definition) is 8. The fourth-order valence-electron chi connectivity index (χ4n) is 7.01. The van der Waals surface area contributed by atoms with Gasteiger partial charge in [0.1, 0.15) is 34.4 Å². The first-order chi connectivity index (χ1) is 37.4. The van der Waals surface area contributed by atoms with Crippen molar-refractivity contribution >= 4 is 58.5 Å². The van der Waals surface area contributed by atoms with E-state index in [1.807, 2.05) is 33.1 Å². The van der Waals surface area contributed by atoms with Crippen LogP contribution < -0.4 is 10.9 Å². The van der Waals surface area contributed by atoms with Gasteiger partial charge in [-0.1, -0.05) is 71.7 Å². The third-order valence-corrected chi connectivity index (χ3v) is 11.6. The molecule has 424 valence electrons. The number of ether oxygens (including phenoxy) is 1. The molecule has 0 bridgehead atoms. The molecular formula is C54H64Cl2F2N10O11. The Kier molecular flexibility index (Phi) is 25.9. The predicted octanol–water partition coefficient (Wildman–Crippen LogP) is 5.67. The molecule has 4 aromatic carbocycles. The number of aliphatic carboxylic acids is 1. The summed E-state index contributed by atoms with van der Waals surface area (Å²) in [6.07, 6.45) is -1.82. The second-order valence-electron chi connectivity index (χ2n) is 18.3. The van der Waals surface area contributed by atoms with Gasteiger partial charge in [0.25, 0.3) is 11.8 Å². The van der Waals surface area contributed by atoms with E-state index < -0.39 is 54.1 Å². The molecule has 25 heteroatoms. The van der Waals surface area contributed by atoms with Crippen molar-refractivity contribution in [2.45, 2.75) is 52.0 Å². The Bertz CT molecular complexity index is 2980. The Morgan fingerprint density at radius 2 is 1.03 bits per heavy atom. The Morgan fingerprint density at radius 3 is 1.38 bits per heavy atom. The second-order valence-corrected chi connectivity index (χ2v) is 19.2. The van der Waals surface area contributed by atoms with Gasteiger partial charge in [0.15, 0.2) is 23.8 Å². The Labute approximate surface area is 465 Å². The zero-order valence-corrected chi connectivity index (χ0v) is 45.8. The van der Waals surface area contributed by atoms with Gasteiger partial charge in [-0.2, -0.15) is 10.2 Å². The predicted molar refractivity (Wildman–Crippen MR) is 291 cm³/mol. The summed E-state index contributed by atoms with van der Waals surface area (Å²) in [5.74, 6) is -5.08. The first-order valence-corrected chi connectivity index (χ1v) is 25.2. The first kappa shape index (κ1) is 64.2. The molecule has 0 aliphatic heterocycles. The fourth-order valence-corrected chi connectivity index (χ4v) is 7.35. The minimum absolute atomic E-state index is 0.0122. The highest BCUT2D eigenvalue weighted by Crippen LogP contribution is 2.28. The van der Waals surface area contributed by atoms with E-state index in [9.17, 15) is 47.8 Å². The number of nitrogens with one attached hydrogen (secondary N) is 4. The van der Waals surface area contributed by atoms with Crippen LogP contribution in [-0.4, -0.2) is 176 Å². The maximum absolute atomic E-state index is 14.3. The molecule has 0 fully saturated rings. The number of rotatable bonds is 25. The van der Waals surface area contributed by atoms with Crippen molar-refractivity contribution in [3.63, 3.8) is 0 Å². The van der Waals surface area contributed by atoms with Crippen molar-refractivity contribution in [1.82, 2.24) is 51.1 Å². The van der Waals surface area contributed by atoms with Gasteiger partial charge >= 0.3 is 11.9 Å². The van der Waals surface area contributed by atoms with E-state index in [0.29, 0.717) is 63.0 Å². The minimum atomic E-state index is -1.76. The number of aromatic amines is 2. The number of H-pyrrole nitrogens is 2. The number of Topliss-reactive ketones (excluding diaryl/α,β-unsaturated/α-hetero) is 2. The van der Waals surface area contributed by atoms with Crippen molar-refractivity contribution in [1.29, 1.82) is 0 Å². The molecule has 6 aromatic rings. The number of benzene rings is 4. The molecule has 2 aromatic heterocycles. The number of carbonyl (C=O) groups is 6. The molecule has 0 spiro atoms. The van der Waals surface area contributed by atoms with Crippen LogP contribution in [0.2, 0.25) is 10.0 Å². The summed E-state index contributed by atoms with van der Waals surface area (Å²) in [5, 5.41) is 53.4. The highest BCUT2D eigenvalue weighted by atomic mass is 35.5. The molecule has 0 radical (unpaired) electrons. The molecule has 0 aliphatic rings. The number of hydrazine groups is 2. The smallest absolute Gasteiger partial charge is 0.336 e. The average Bonchev–Trinajstić information content (AvgIpc) is 4.12. The molecule has 2 heterocycles.